The van der Waals surface area contributed by atoms with Crippen LogP contribution in [0.5, 0.6) is 0 Å². The van der Waals surface area contributed by atoms with E-state index in [-0.39, 0.29) is 28.5 Å². The van der Waals surface area contributed by atoms with Crippen molar-refractivity contribution < 1.29 is 22.1 Å². The van der Waals surface area contributed by atoms with Gasteiger partial charge in [-0.3, -0.25) is 0 Å². The second-order valence-corrected chi connectivity index (χ2v) is 9.58. The fourth-order valence-electron chi connectivity index (χ4n) is 3.76. The lowest BCUT2D eigenvalue weighted by molar-refractivity contribution is 0.0422. The van der Waals surface area contributed by atoms with Gasteiger partial charge in [-0.15, -0.1) is 0 Å². The minimum atomic E-state index is -3.00. The summed E-state index contributed by atoms with van der Waals surface area (Å²) in [4.78, 5) is 0. The first-order valence-electron chi connectivity index (χ1n) is 9.43. The third-order valence-electron chi connectivity index (χ3n) is 5.44. The van der Waals surface area contributed by atoms with Gasteiger partial charge in [-0.2, -0.15) is 0 Å². The topological polar surface area (TPSA) is 74.2 Å². The van der Waals surface area contributed by atoms with Crippen LogP contribution < -0.4 is 10.0 Å². The van der Waals surface area contributed by atoms with Crippen molar-refractivity contribution in [3.05, 3.63) is 59.4 Å². The Morgan fingerprint density at radius 1 is 1.17 bits per heavy atom. The van der Waals surface area contributed by atoms with Crippen LogP contribution in [-0.4, -0.2) is 41.3 Å². The van der Waals surface area contributed by atoms with E-state index >= 15 is 4.39 Å². The molecule has 0 radical (unpaired) electrons. The lowest BCUT2D eigenvalue weighted by atomic mass is 9.96. The van der Waals surface area contributed by atoms with Crippen LogP contribution in [-0.2, 0) is 21.1 Å². The van der Waals surface area contributed by atoms with Gasteiger partial charge in [0.25, 0.3) is 0 Å². The van der Waals surface area contributed by atoms with E-state index in [1.807, 2.05) is 0 Å². The molecule has 29 heavy (non-hydrogen) atoms. The average Bonchev–Trinajstić information content (AvgIpc) is 2.99. The summed E-state index contributed by atoms with van der Waals surface area (Å²) in [6, 6.07) is 7.24. The van der Waals surface area contributed by atoms with Gasteiger partial charge in [0, 0.05) is 23.7 Å². The number of halogens is 3. The summed E-state index contributed by atoms with van der Waals surface area (Å²) in [6.45, 7) is 1.28. The lowest BCUT2D eigenvalue weighted by Crippen LogP contribution is -2.52. The Morgan fingerprint density at radius 3 is 2.55 bits per heavy atom. The molecule has 2 aliphatic heterocycles. The van der Waals surface area contributed by atoms with Crippen molar-refractivity contribution in [2.24, 2.45) is 0 Å². The van der Waals surface area contributed by atoms with Crippen molar-refractivity contribution in [2.45, 2.75) is 30.2 Å². The second-order valence-electron chi connectivity index (χ2n) is 7.47. The van der Waals surface area contributed by atoms with Crippen LogP contribution in [0, 0.1) is 22.2 Å². The number of hydrogen-bond donors (Lipinski definition) is 3. The summed E-state index contributed by atoms with van der Waals surface area (Å²) >= 11 is 0. The van der Waals surface area contributed by atoms with Crippen LogP contribution in [0.15, 0.2) is 36.4 Å². The number of ether oxygens (including phenoxy) is 1. The molecule has 2 aromatic carbocycles. The first kappa shape index (κ1) is 20.3. The van der Waals surface area contributed by atoms with Crippen LogP contribution in [0.25, 0.3) is 11.1 Å². The molecule has 1 unspecified atom stereocenters. The predicted octanol–water partition coefficient (Wildman–Crippen LogP) is 2.99. The molecule has 0 aliphatic carbocycles. The van der Waals surface area contributed by atoms with E-state index in [2.05, 4.69) is 10.0 Å². The van der Waals surface area contributed by atoms with Gasteiger partial charge in [0.2, 0.25) is 0 Å². The smallest absolute Gasteiger partial charge is 0.134 e. The van der Waals surface area contributed by atoms with Gasteiger partial charge in [-0.1, -0.05) is 18.2 Å². The molecule has 2 heterocycles. The zero-order valence-electron chi connectivity index (χ0n) is 15.6. The number of benzene rings is 2. The minimum Gasteiger partial charge on any atom is -0.379 e. The number of hydrogen-bond acceptors (Lipinski definition) is 4. The third-order valence-corrected chi connectivity index (χ3v) is 7.31. The van der Waals surface area contributed by atoms with E-state index in [4.69, 9.17) is 9.52 Å². The molecule has 2 saturated heterocycles. The molecule has 0 spiro atoms. The maximum atomic E-state index is 15.1. The average molecular weight is 425 g/mol. The van der Waals surface area contributed by atoms with E-state index in [0.29, 0.717) is 38.2 Å². The summed E-state index contributed by atoms with van der Waals surface area (Å²) in [5.41, 5.74) is 0.649. The van der Waals surface area contributed by atoms with Crippen molar-refractivity contribution in [3.8, 4) is 11.1 Å². The Labute approximate surface area is 167 Å². The fraction of sp³-hybridized carbons (Fsp3) is 0.400. The normalized spacial score (nSPS) is 24.2. The van der Waals surface area contributed by atoms with Crippen molar-refractivity contribution >= 4 is 9.92 Å². The Bertz CT molecular complexity index is 992. The standard InChI is InChI=1S/C20H22F3N3O2S/c21-14-6-13(7-15(22)9-14)17-3-1-2-12(20(17)23)8-19-18(4-5-25-19)26-29(24,27)16-10-28-11-16/h1-3,6-7,9,16,18-19,25H,4-5,8,10-11H2,(H2,24,26,27)/t18-,19-,29?/m0/s1. The first-order valence-corrected chi connectivity index (χ1v) is 11.1. The summed E-state index contributed by atoms with van der Waals surface area (Å²) in [5.74, 6) is -2.07. The molecule has 0 amide bonds. The molecule has 2 aliphatic rings. The van der Waals surface area contributed by atoms with Crippen LogP contribution in [0.3, 0.4) is 0 Å². The quantitative estimate of drug-likeness (QED) is 0.666. The maximum Gasteiger partial charge on any atom is 0.134 e. The molecule has 5 nitrogen and oxygen atoms in total. The monoisotopic (exact) mass is 425 g/mol. The molecule has 3 N–H and O–H groups in total. The van der Waals surface area contributed by atoms with Gasteiger partial charge in [0.1, 0.15) is 32.6 Å². The van der Waals surface area contributed by atoms with Crippen molar-refractivity contribution in [2.75, 3.05) is 19.8 Å². The van der Waals surface area contributed by atoms with Crippen molar-refractivity contribution in [1.29, 1.82) is 4.78 Å². The molecular formula is C20H22F3N3O2S. The summed E-state index contributed by atoms with van der Waals surface area (Å²) in [5, 5.41) is 2.94. The molecule has 3 atom stereocenters. The van der Waals surface area contributed by atoms with Gasteiger partial charge < -0.3 is 10.1 Å². The zero-order chi connectivity index (χ0) is 20.6. The number of nitrogens with one attached hydrogen (secondary N) is 3. The Morgan fingerprint density at radius 2 is 1.90 bits per heavy atom. The molecule has 0 saturated carbocycles. The van der Waals surface area contributed by atoms with Gasteiger partial charge in [0.05, 0.1) is 13.2 Å². The lowest BCUT2D eigenvalue weighted by Gasteiger charge is -2.31. The molecule has 156 valence electrons. The third kappa shape index (κ3) is 4.32. The minimum absolute atomic E-state index is 0.124. The highest BCUT2D eigenvalue weighted by atomic mass is 32.2. The summed E-state index contributed by atoms with van der Waals surface area (Å²) in [7, 11) is -3.00. The number of rotatable bonds is 6. The first-order chi connectivity index (χ1) is 13.8. The van der Waals surface area contributed by atoms with Crippen molar-refractivity contribution in [3.63, 3.8) is 0 Å². The van der Waals surface area contributed by atoms with Gasteiger partial charge in [-0.05, 0) is 42.6 Å². The largest absolute Gasteiger partial charge is 0.379 e. The summed E-state index contributed by atoms with van der Waals surface area (Å²) < 4.78 is 70.9. The fourth-order valence-corrected chi connectivity index (χ4v) is 5.26. The van der Waals surface area contributed by atoms with Gasteiger partial charge in [-0.25, -0.2) is 26.9 Å². The van der Waals surface area contributed by atoms with E-state index in [9.17, 15) is 13.0 Å². The molecule has 0 aromatic heterocycles. The van der Waals surface area contributed by atoms with E-state index in [1.165, 1.54) is 6.07 Å². The zero-order valence-corrected chi connectivity index (χ0v) is 16.4. The molecule has 0 bridgehead atoms. The van der Waals surface area contributed by atoms with Gasteiger partial charge >= 0.3 is 0 Å². The van der Waals surface area contributed by atoms with Crippen LogP contribution in [0.1, 0.15) is 12.0 Å². The van der Waals surface area contributed by atoms with Crippen LogP contribution >= 0.6 is 0 Å². The highest BCUT2D eigenvalue weighted by Gasteiger charge is 2.35. The van der Waals surface area contributed by atoms with E-state index in [0.717, 1.165) is 18.2 Å². The van der Waals surface area contributed by atoms with Crippen LogP contribution in [0.4, 0.5) is 13.2 Å². The van der Waals surface area contributed by atoms with E-state index in [1.54, 1.807) is 12.1 Å². The summed E-state index contributed by atoms with van der Waals surface area (Å²) in [6.07, 6.45) is 0.969. The molecular weight excluding hydrogens is 403 g/mol. The van der Waals surface area contributed by atoms with Gasteiger partial charge in [0.15, 0.2) is 0 Å². The SMILES string of the molecule is N=S(=O)(N[C@H]1CCN[C@H]1Cc1cccc(-c2cc(F)cc(F)c2)c1F)C1COC1. The highest BCUT2D eigenvalue weighted by molar-refractivity contribution is 7.91. The second kappa shape index (κ2) is 8.06. The molecule has 9 heteroatoms. The molecule has 2 fully saturated rings. The Balaban J connectivity index is 1.54. The van der Waals surface area contributed by atoms with Crippen molar-refractivity contribution in [1.82, 2.24) is 10.0 Å². The van der Waals surface area contributed by atoms with Crippen LogP contribution in [0.2, 0.25) is 0 Å². The molecule has 2 aromatic rings. The maximum absolute atomic E-state index is 15.1. The Hall–Kier alpha value is -1.94. The van der Waals surface area contributed by atoms with E-state index < -0.39 is 27.4 Å². The Kier molecular flexibility index (Phi) is 5.65. The highest BCUT2D eigenvalue weighted by Crippen LogP contribution is 2.28. The molecule has 4 rings (SSSR count). The predicted molar refractivity (Wildman–Crippen MR) is 104 cm³/mol.